The molecule has 0 amide bonds. The Balaban J connectivity index is 1.15. The van der Waals surface area contributed by atoms with Gasteiger partial charge in [0.25, 0.3) is 0 Å². The number of nitrogens with one attached hydrogen (secondary N) is 1. The van der Waals surface area contributed by atoms with Crippen LogP contribution in [0, 0.1) is 0 Å². The zero-order valence-corrected chi connectivity index (χ0v) is 23.9. The number of H-pyrrole nitrogens is 1. The Bertz CT molecular complexity index is 1440. The molecule has 5 heterocycles. The predicted octanol–water partition coefficient (Wildman–Crippen LogP) is 3.92. The van der Waals surface area contributed by atoms with Gasteiger partial charge in [0.2, 0.25) is 0 Å². The number of thiophene rings is 1. The second-order valence-corrected chi connectivity index (χ2v) is 11.6. The number of rotatable bonds is 10. The van der Waals surface area contributed by atoms with Gasteiger partial charge in [-0.2, -0.15) is 5.10 Å². The van der Waals surface area contributed by atoms with Crippen LogP contribution in [-0.4, -0.2) is 102 Å². The van der Waals surface area contributed by atoms with Gasteiger partial charge in [-0.25, -0.2) is 9.97 Å². The van der Waals surface area contributed by atoms with Gasteiger partial charge in [0.05, 0.1) is 41.8 Å². The van der Waals surface area contributed by atoms with Gasteiger partial charge in [-0.15, -0.1) is 11.3 Å². The number of morpholine rings is 1. The second kappa shape index (κ2) is 12.6. The summed E-state index contributed by atoms with van der Waals surface area (Å²) >= 11 is 1.82. The number of nitrogens with zero attached hydrogens (tertiary/aromatic N) is 6. The van der Waals surface area contributed by atoms with Gasteiger partial charge < -0.3 is 19.3 Å². The van der Waals surface area contributed by atoms with Crippen LogP contribution in [0.1, 0.15) is 31.1 Å². The van der Waals surface area contributed by atoms with Crippen molar-refractivity contribution in [2.45, 2.75) is 32.7 Å². The van der Waals surface area contributed by atoms with Crippen LogP contribution in [0.25, 0.3) is 32.5 Å². The van der Waals surface area contributed by atoms with E-state index in [0.717, 1.165) is 104 Å². The number of unbranched alkanes of at least 4 members (excludes halogenated alkanes) is 1. The maximum atomic E-state index is 11.6. The van der Waals surface area contributed by atoms with Crippen LogP contribution in [0.3, 0.4) is 0 Å². The fourth-order valence-electron chi connectivity index (χ4n) is 5.54. The van der Waals surface area contributed by atoms with Crippen LogP contribution in [0.4, 0.5) is 5.82 Å². The lowest BCUT2D eigenvalue weighted by atomic mass is 10.1. The molecule has 2 aliphatic rings. The van der Waals surface area contributed by atoms with E-state index in [1.807, 2.05) is 36.6 Å². The molecule has 4 aromatic rings. The van der Waals surface area contributed by atoms with Gasteiger partial charge >= 0.3 is 5.97 Å². The molecule has 0 bridgehead atoms. The third-order valence-corrected chi connectivity index (χ3v) is 8.80. The summed E-state index contributed by atoms with van der Waals surface area (Å²) in [5, 5.41) is 8.33. The first kappa shape index (κ1) is 27.1. The van der Waals surface area contributed by atoms with Crippen molar-refractivity contribution in [3.8, 4) is 11.4 Å². The highest BCUT2D eigenvalue weighted by atomic mass is 32.1. The van der Waals surface area contributed by atoms with Crippen molar-refractivity contribution in [1.82, 2.24) is 30.0 Å². The van der Waals surface area contributed by atoms with Gasteiger partial charge in [0, 0.05) is 68.1 Å². The Labute approximate surface area is 238 Å². The molecule has 0 radical (unpaired) electrons. The summed E-state index contributed by atoms with van der Waals surface area (Å²) in [5.41, 5.74) is 2.99. The molecule has 0 aliphatic carbocycles. The molecule has 0 unspecified atom stereocenters. The molecule has 1 aromatic carbocycles. The lowest BCUT2D eigenvalue weighted by molar-refractivity contribution is -0.143. The van der Waals surface area contributed by atoms with E-state index in [-0.39, 0.29) is 5.97 Å². The predicted molar refractivity (Wildman–Crippen MR) is 158 cm³/mol. The molecule has 2 saturated heterocycles. The number of hydrogen-bond donors (Lipinski definition) is 1. The van der Waals surface area contributed by atoms with Gasteiger partial charge in [-0.3, -0.25) is 14.8 Å². The van der Waals surface area contributed by atoms with Gasteiger partial charge in [0.15, 0.2) is 11.6 Å². The number of aromatic nitrogens is 4. The van der Waals surface area contributed by atoms with Gasteiger partial charge in [-0.1, -0.05) is 12.1 Å². The molecular weight excluding hydrogens is 526 g/mol. The number of ether oxygens (including phenoxy) is 2. The van der Waals surface area contributed by atoms with Crippen LogP contribution < -0.4 is 4.90 Å². The van der Waals surface area contributed by atoms with Gasteiger partial charge in [-0.05, 0) is 38.4 Å². The van der Waals surface area contributed by atoms with Crippen LogP contribution in [0.2, 0.25) is 0 Å². The Morgan fingerprint density at radius 1 is 1.07 bits per heavy atom. The second-order valence-electron chi connectivity index (χ2n) is 10.4. The van der Waals surface area contributed by atoms with Crippen LogP contribution in [0.5, 0.6) is 0 Å². The largest absolute Gasteiger partial charge is 0.466 e. The summed E-state index contributed by atoms with van der Waals surface area (Å²) in [5.74, 6) is 1.66. The molecule has 11 heteroatoms. The van der Waals surface area contributed by atoms with Crippen molar-refractivity contribution in [3.05, 3.63) is 35.3 Å². The van der Waals surface area contributed by atoms with Gasteiger partial charge in [0.1, 0.15) is 0 Å². The lowest BCUT2D eigenvalue weighted by Gasteiger charge is -2.34. The third kappa shape index (κ3) is 6.12. The summed E-state index contributed by atoms with van der Waals surface area (Å²) in [6.45, 7) is 11.6. The highest BCUT2D eigenvalue weighted by molar-refractivity contribution is 7.19. The molecule has 0 saturated carbocycles. The monoisotopic (exact) mass is 563 g/mol. The molecule has 0 atom stereocenters. The SMILES string of the molecule is CCOC(=O)CCCCN1CCN(Cc2cc3nc(-c4cccc5[nH]ncc45)nc(N4CCOCC4)c3s2)CC1. The number of hydrogen-bond acceptors (Lipinski definition) is 10. The highest BCUT2D eigenvalue weighted by Crippen LogP contribution is 2.36. The molecule has 3 aromatic heterocycles. The van der Waals surface area contributed by atoms with Crippen molar-refractivity contribution in [2.75, 3.05) is 70.5 Å². The molecule has 10 nitrogen and oxygen atoms in total. The topological polar surface area (TPSA) is 99.7 Å². The van der Waals surface area contributed by atoms with E-state index in [1.54, 1.807) is 0 Å². The maximum absolute atomic E-state index is 11.6. The zero-order chi connectivity index (χ0) is 27.3. The maximum Gasteiger partial charge on any atom is 0.305 e. The van der Waals surface area contributed by atoms with E-state index in [4.69, 9.17) is 19.4 Å². The summed E-state index contributed by atoms with van der Waals surface area (Å²) in [4.78, 5) is 30.5. The normalized spacial score (nSPS) is 17.2. The number of carbonyl (C=O) groups is 1. The van der Waals surface area contributed by atoms with Crippen molar-refractivity contribution in [3.63, 3.8) is 0 Å². The van der Waals surface area contributed by atoms with E-state index in [1.165, 1.54) is 4.88 Å². The summed E-state index contributed by atoms with van der Waals surface area (Å²) in [7, 11) is 0. The number of anilines is 1. The number of carbonyl (C=O) groups excluding carboxylic acids is 1. The van der Waals surface area contributed by atoms with E-state index in [0.29, 0.717) is 26.2 Å². The zero-order valence-electron chi connectivity index (χ0n) is 23.1. The van der Waals surface area contributed by atoms with Crippen molar-refractivity contribution in [2.24, 2.45) is 0 Å². The molecule has 6 rings (SSSR count). The Hall–Kier alpha value is -3.12. The smallest absolute Gasteiger partial charge is 0.305 e. The fourth-order valence-corrected chi connectivity index (χ4v) is 6.70. The first-order valence-corrected chi connectivity index (χ1v) is 15.2. The first-order chi connectivity index (χ1) is 19.7. The summed E-state index contributed by atoms with van der Waals surface area (Å²) < 4.78 is 11.8. The van der Waals surface area contributed by atoms with Crippen LogP contribution >= 0.6 is 11.3 Å². The fraction of sp³-hybridized carbons (Fsp3) is 0.517. The molecule has 212 valence electrons. The van der Waals surface area contributed by atoms with Crippen LogP contribution in [0.15, 0.2) is 30.5 Å². The average molecular weight is 564 g/mol. The Morgan fingerprint density at radius 3 is 2.73 bits per heavy atom. The van der Waals surface area contributed by atoms with Crippen molar-refractivity contribution in [1.29, 1.82) is 0 Å². The summed E-state index contributed by atoms with van der Waals surface area (Å²) in [6.07, 6.45) is 4.30. The minimum absolute atomic E-state index is 0.0808. The van der Waals surface area contributed by atoms with Crippen molar-refractivity contribution < 1.29 is 14.3 Å². The molecular formula is C29H37N7O3S. The molecule has 0 spiro atoms. The minimum atomic E-state index is -0.0808. The molecule has 1 N–H and O–H groups in total. The standard InChI is InChI=1S/C29H37N7O3S/c1-2-39-26(37)8-3-4-9-34-10-12-35(13-11-34)20-21-18-25-27(40-21)29(36-14-16-38-17-15-36)32-28(31-25)22-6-5-7-24-23(22)19-30-33-24/h5-7,18-19H,2-4,8-17,20H2,1H3,(H,30,33). The van der Waals surface area contributed by atoms with E-state index in [2.05, 4.69) is 37.0 Å². The number of piperazine rings is 1. The van der Waals surface area contributed by atoms with E-state index >= 15 is 0 Å². The molecule has 2 fully saturated rings. The molecule has 40 heavy (non-hydrogen) atoms. The Morgan fingerprint density at radius 2 is 1.90 bits per heavy atom. The third-order valence-electron chi connectivity index (χ3n) is 7.70. The first-order valence-electron chi connectivity index (χ1n) is 14.3. The molecule has 2 aliphatic heterocycles. The number of esters is 1. The van der Waals surface area contributed by atoms with E-state index in [9.17, 15) is 4.79 Å². The number of aromatic amines is 1. The number of fused-ring (bicyclic) bond motifs is 2. The van der Waals surface area contributed by atoms with Crippen LogP contribution in [-0.2, 0) is 20.8 Å². The quantitative estimate of drug-likeness (QED) is 0.227. The lowest BCUT2D eigenvalue weighted by Crippen LogP contribution is -2.46. The average Bonchev–Trinajstić information content (AvgIpc) is 3.63. The van der Waals surface area contributed by atoms with E-state index < -0.39 is 0 Å². The van der Waals surface area contributed by atoms with Crippen molar-refractivity contribution >= 4 is 44.2 Å². The highest BCUT2D eigenvalue weighted by Gasteiger charge is 2.23. The minimum Gasteiger partial charge on any atom is -0.466 e. The number of benzene rings is 1. The Kier molecular flexibility index (Phi) is 8.52. The summed E-state index contributed by atoms with van der Waals surface area (Å²) in [6, 6.07) is 8.38.